The van der Waals surface area contributed by atoms with E-state index in [0.29, 0.717) is 28.9 Å². The van der Waals surface area contributed by atoms with Gasteiger partial charge in [-0.1, -0.05) is 271 Å². The van der Waals surface area contributed by atoms with Gasteiger partial charge in [0.15, 0.2) is 0 Å². The molecule has 0 saturated heterocycles. The molecule has 0 aromatic heterocycles. The smallest absolute Gasteiger partial charge is 0.115 e. The average molecular weight is 829 g/mol. The number of aromatic hydroxyl groups is 4. The molecule has 0 heterocycles. The van der Waals surface area contributed by atoms with Crippen LogP contribution >= 0.6 is 0 Å². The fourth-order valence-electron chi connectivity index (χ4n) is 3.32. The SMILES string of the molecule is CC(C)c1ccccc1.CCC.CCC.CCC.CCC.Oc1ccccc1.Oc1ccccc1.Oc1ccccc1.Oc1ccccc1.c1ccccc1.c1ccccc1. The van der Waals surface area contributed by atoms with Gasteiger partial charge in [0.2, 0.25) is 0 Å². The van der Waals surface area contributed by atoms with Gasteiger partial charge < -0.3 is 20.4 Å². The van der Waals surface area contributed by atoms with Gasteiger partial charge in [-0.15, -0.1) is 0 Å². The van der Waals surface area contributed by atoms with Crippen LogP contribution in [0.25, 0.3) is 0 Å². The quantitative estimate of drug-likeness (QED) is 0.133. The van der Waals surface area contributed by atoms with Gasteiger partial charge >= 0.3 is 0 Å². The molecule has 0 bridgehead atoms. The van der Waals surface area contributed by atoms with E-state index in [4.69, 9.17) is 20.4 Å². The molecule has 0 aliphatic heterocycles. The highest BCUT2D eigenvalue weighted by atomic mass is 16.3. The molecule has 4 heteroatoms. The van der Waals surface area contributed by atoms with Crippen molar-refractivity contribution in [3.8, 4) is 23.0 Å². The predicted octanol–water partition coefficient (Wildman–Crippen LogP) is 17.4. The maximum absolute atomic E-state index is 8.63. The minimum atomic E-state index is 0.322. The second-order valence-corrected chi connectivity index (χ2v) is 13.0. The normalized spacial score (nSPS) is 8.18. The lowest BCUT2D eigenvalue weighted by molar-refractivity contribution is 0.475. The molecule has 0 fully saturated rings. The van der Waals surface area contributed by atoms with Crippen LogP contribution < -0.4 is 0 Å². The lowest BCUT2D eigenvalue weighted by Gasteiger charge is -2.01. The van der Waals surface area contributed by atoms with E-state index >= 15 is 0 Å². The fourth-order valence-corrected chi connectivity index (χ4v) is 3.32. The van der Waals surface area contributed by atoms with Crippen LogP contribution in [0.4, 0.5) is 0 Å². The number of para-hydroxylation sites is 4. The largest absolute Gasteiger partial charge is 0.508 e. The van der Waals surface area contributed by atoms with E-state index in [1.54, 1.807) is 97.1 Å². The summed E-state index contributed by atoms with van der Waals surface area (Å²) in [7, 11) is 0. The maximum atomic E-state index is 8.63. The molecular weight excluding hydrogens is 749 g/mol. The van der Waals surface area contributed by atoms with Crippen molar-refractivity contribution in [2.75, 3.05) is 0 Å². The number of hydrogen-bond acceptors (Lipinski definition) is 4. The van der Waals surface area contributed by atoms with Crippen LogP contribution in [0.3, 0.4) is 0 Å². The third-order valence-corrected chi connectivity index (χ3v) is 5.82. The standard InChI is InChI=1S/C9H12.4C6H6O.2C6H6.4C3H8/c1-8(2)9-6-4-3-5-7-9;4*7-6-4-2-1-3-5-6;2*1-2-4-6-5-3-1;4*1-3-2/h3-8H,1-2H3;4*1-5,7H;2*1-6H;4*3H2,1-2H3. The van der Waals surface area contributed by atoms with Crippen LogP contribution in [0.2, 0.25) is 0 Å². The Labute approximate surface area is 372 Å². The van der Waals surface area contributed by atoms with Gasteiger partial charge in [0.25, 0.3) is 0 Å². The highest BCUT2D eigenvalue weighted by Gasteiger charge is 1.93. The zero-order chi connectivity index (χ0) is 46.5. The van der Waals surface area contributed by atoms with E-state index in [9.17, 15) is 0 Å². The maximum Gasteiger partial charge on any atom is 0.115 e. The number of benzene rings is 7. The zero-order valence-electron chi connectivity index (χ0n) is 39.1. The minimum Gasteiger partial charge on any atom is -0.508 e. The number of phenols is 4. The molecular formula is C57H80O4. The van der Waals surface area contributed by atoms with Gasteiger partial charge in [-0.2, -0.15) is 0 Å². The first-order chi connectivity index (χ1) is 29.5. The van der Waals surface area contributed by atoms with Crippen molar-refractivity contribution in [1.82, 2.24) is 0 Å². The molecule has 4 N–H and O–H groups in total. The molecule has 0 aliphatic carbocycles. The van der Waals surface area contributed by atoms with Crippen LogP contribution in [-0.2, 0) is 0 Å². The predicted molar refractivity (Wildman–Crippen MR) is 270 cm³/mol. The second kappa shape index (κ2) is 53.7. The fraction of sp³-hybridized carbons (Fsp3) is 0.263. The Morgan fingerprint density at radius 3 is 0.443 bits per heavy atom. The number of phenolic OH excluding ortho intramolecular Hbond substituents is 4. The molecule has 0 atom stereocenters. The topological polar surface area (TPSA) is 80.9 Å². The highest BCUT2D eigenvalue weighted by molar-refractivity contribution is 5.21. The molecule has 7 aromatic carbocycles. The molecule has 0 aliphatic rings. The van der Waals surface area contributed by atoms with E-state index in [-0.39, 0.29) is 0 Å². The van der Waals surface area contributed by atoms with Crippen molar-refractivity contribution >= 4 is 0 Å². The van der Waals surface area contributed by atoms with E-state index < -0.39 is 0 Å². The molecule has 0 unspecified atom stereocenters. The van der Waals surface area contributed by atoms with Gasteiger partial charge in [0, 0.05) is 0 Å². The van der Waals surface area contributed by atoms with Crippen LogP contribution in [0.1, 0.15) is 106 Å². The summed E-state index contributed by atoms with van der Waals surface area (Å²) in [4.78, 5) is 0. The first kappa shape index (κ1) is 61.4. The van der Waals surface area contributed by atoms with Gasteiger partial charge in [-0.05, 0) is 60.0 Å². The van der Waals surface area contributed by atoms with Crippen molar-refractivity contribution in [3.63, 3.8) is 0 Å². The van der Waals surface area contributed by atoms with Crippen LogP contribution in [-0.4, -0.2) is 20.4 Å². The monoisotopic (exact) mass is 829 g/mol. The Balaban J connectivity index is -0.000000299. The summed E-state index contributed by atoms with van der Waals surface area (Å²) >= 11 is 0. The second-order valence-electron chi connectivity index (χ2n) is 13.0. The van der Waals surface area contributed by atoms with E-state index in [2.05, 4.69) is 93.5 Å². The molecule has 0 radical (unpaired) electrons. The van der Waals surface area contributed by atoms with Crippen molar-refractivity contribution in [1.29, 1.82) is 0 Å². The van der Waals surface area contributed by atoms with E-state index in [1.807, 2.05) is 103 Å². The highest BCUT2D eigenvalue weighted by Crippen LogP contribution is 2.11. The lowest BCUT2D eigenvalue weighted by atomic mass is 10.0. The van der Waals surface area contributed by atoms with Crippen LogP contribution in [0.5, 0.6) is 23.0 Å². The first-order valence-corrected chi connectivity index (χ1v) is 21.5. The van der Waals surface area contributed by atoms with E-state index in [0.717, 1.165) is 0 Å². The van der Waals surface area contributed by atoms with Crippen LogP contribution in [0, 0.1) is 0 Å². The zero-order valence-corrected chi connectivity index (χ0v) is 39.1. The lowest BCUT2D eigenvalue weighted by Crippen LogP contribution is -1.83. The Morgan fingerprint density at radius 1 is 0.246 bits per heavy atom. The summed E-state index contributed by atoms with van der Waals surface area (Å²) in [6.07, 6.45) is 5.00. The minimum absolute atomic E-state index is 0.322. The third kappa shape index (κ3) is 58.1. The van der Waals surface area contributed by atoms with Gasteiger partial charge in [0.05, 0.1) is 0 Å². The van der Waals surface area contributed by atoms with E-state index in [1.165, 1.54) is 31.2 Å². The Hall–Kier alpha value is -6.26. The third-order valence-electron chi connectivity index (χ3n) is 5.82. The van der Waals surface area contributed by atoms with Crippen molar-refractivity contribution < 1.29 is 20.4 Å². The van der Waals surface area contributed by atoms with Crippen LogP contribution in [0.15, 0.2) is 224 Å². The molecule has 332 valence electrons. The van der Waals surface area contributed by atoms with Gasteiger partial charge in [0.1, 0.15) is 23.0 Å². The molecule has 7 rings (SSSR count). The van der Waals surface area contributed by atoms with Crippen molar-refractivity contribution in [3.05, 3.63) is 230 Å². The molecule has 0 saturated carbocycles. The molecule has 4 nitrogen and oxygen atoms in total. The molecule has 0 spiro atoms. The number of hydrogen-bond donors (Lipinski definition) is 4. The van der Waals surface area contributed by atoms with Gasteiger partial charge in [-0.25, -0.2) is 0 Å². The molecule has 7 aromatic rings. The summed E-state index contributed by atoms with van der Waals surface area (Å²) in [6.45, 7) is 21.4. The van der Waals surface area contributed by atoms with Gasteiger partial charge in [-0.3, -0.25) is 0 Å². The Kier molecular flexibility index (Phi) is 54.1. The number of rotatable bonds is 1. The summed E-state index contributed by atoms with van der Waals surface area (Å²) in [5.41, 5.74) is 1.41. The molecule has 0 amide bonds. The Morgan fingerprint density at radius 2 is 0.361 bits per heavy atom. The Bertz CT molecular complexity index is 1440. The summed E-state index contributed by atoms with van der Waals surface area (Å²) < 4.78 is 0. The summed E-state index contributed by atoms with van der Waals surface area (Å²) in [5.74, 6) is 1.95. The molecule has 61 heavy (non-hydrogen) atoms. The summed E-state index contributed by atoms with van der Waals surface area (Å²) in [5, 5.41) is 34.5. The van der Waals surface area contributed by atoms with Crippen molar-refractivity contribution in [2.45, 2.75) is 101 Å². The average Bonchev–Trinajstić information content (AvgIpc) is 3.29. The van der Waals surface area contributed by atoms with Crippen molar-refractivity contribution in [2.24, 2.45) is 0 Å². The first-order valence-electron chi connectivity index (χ1n) is 21.5. The summed E-state index contributed by atoms with van der Waals surface area (Å²) in [6, 6.07) is 69.4.